The Morgan fingerprint density at radius 1 is 1.23 bits per heavy atom. The third kappa shape index (κ3) is 4.47. The third-order valence-corrected chi connectivity index (χ3v) is 4.90. The minimum absolute atomic E-state index is 0.180. The van der Waals surface area contributed by atoms with Crippen LogP contribution in [-0.2, 0) is 11.3 Å². The van der Waals surface area contributed by atoms with Crippen molar-refractivity contribution in [2.24, 2.45) is 0 Å². The molecule has 0 atom stereocenters. The highest BCUT2D eigenvalue weighted by Gasteiger charge is 2.15. The highest BCUT2D eigenvalue weighted by molar-refractivity contribution is 9.10. The van der Waals surface area contributed by atoms with Crippen molar-refractivity contribution >= 4 is 39.4 Å². The fourth-order valence-corrected chi connectivity index (χ4v) is 3.29. The topological polar surface area (TPSA) is 72.7 Å². The predicted molar refractivity (Wildman–Crippen MR) is 102 cm³/mol. The van der Waals surface area contributed by atoms with E-state index in [-0.39, 0.29) is 17.5 Å². The van der Waals surface area contributed by atoms with Gasteiger partial charge in [-0.3, -0.25) is 4.79 Å². The molecule has 0 saturated carbocycles. The average Bonchev–Trinajstić information content (AvgIpc) is 3.05. The summed E-state index contributed by atoms with van der Waals surface area (Å²) in [5, 5.41) is 11.7. The maximum Gasteiger partial charge on any atom is 0.236 e. The molecular formula is C17H15BrFN5OS. The number of hydrogen-bond donors (Lipinski definition) is 1. The fourth-order valence-electron chi connectivity index (χ4n) is 2.25. The van der Waals surface area contributed by atoms with Gasteiger partial charge in [-0.2, -0.15) is 0 Å². The number of pyridine rings is 1. The Morgan fingerprint density at radius 2 is 2.00 bits per heavy atom. The van der Waals surface area contributed by atoms with Crippen LogP contribution in [0.2, 0.25) is 0 Å². The van der Waals surface area contributed by atoms with Gasteiger partial charge in [0.25, 0.3) is 0 Å². The Labute approximate surface area is 162 Å². The molecule has 3 rings (SSSR count). The minimum atomic E-state index is -0.302. The van der Waals surface area contributed by atoms with E-state index >= 15 is 0 Å². The number of benzene rings is 1. The van der Waals surface area contributed by atoms with E-state index in [4.69, 9.17) is 0 Å². The second-order valence-electron chi connectivity index (χ2n) is 5.26. The smallest absolute Gasteiger partial charge is 0.236 e. The summed E-state index contributed by atoms with van der Waals surface area (Å²) in [4.78, 5) is 16.2. The Bertz CT molecular complexity index is 899. The van der Waals surface area contributed by atoms with Gasteiger partial charge in [0.2, 0.25) is 5.91 Å². The van der Waals surface area contributed by atoms with E-state index in [1.165, 1.54) is 23.9 Å². The van der Waals surface area contributed by atoms with Crippen molar-refractivity contribution in [1.82, 2.24) is 19.7 Å². The zero-order valence-corrected chi connectivity index (χ0v) is 16.2. The first-order valence-electron chi connectivity index (χ1n) is 7.80. The second kappa shape index (κ2) is 8.41. The molecule has 0 unspecified atom stereocenters. The van der Waals surface area contributed by atoms with E-state index in [2.05, 4.69) is 36.4 Å². The predicted octanol–water partition coefficient (Wildman–Crippen LogP) is 3.99. The van der Waals surface area contributed by atoms with Crippen LogP contribution in [0.5, 0.6) is 0 Å². The van der Waals surface area contributed by atoms with Gasteiger partial charge in [-0.15, -0.1) is 10.2 Å². The number of halogens is 2. The van der Waals surface area contributed by atoms with Gasteiger partial charge in [-0.25, -0.2) is 9.37 Å². The molecule has 3 aromatic rings. The number of anilines is 1. The summed E-state index contributed by atoms with van der Waals surface area (Å²) < 4.78 is 15.8. The molecule has 9 heteroatoms. The van der Waals surface area contributed by atoms with Gasteiger partial charge >= 0.3 is 0 Å². The van der Waals surface area contributed by atoms with Gasteiger partial charge in [0.15, 0.2) is 11.0 Å². The zero-order valence-electron chi connectivity index (χ0n) is 13.8. The molecule has 2 aromatic heterocycles. The summed E-state index contributed by atoms with van der Waals surface area (Å²) in [5.74, 6) is 0.829. The first kappa shape index (κ1) is 18.5. The number of nitrogens with one attached hydrogen (secondary N) is 1. The molecule has 6 nitrogen and oxygen atoms in total. The van der Waals surface area contributed by atoms with Crippen molar-refractivity contribution in [1.29, 1.82) is 0 Å². The van der Waals surface area contributed by atoms with Gasteiger partial charge in [-0.1, -0.05) is 11.8 Å². The standard InChI is InChI=1S/C17H15BrFN5OS/c1-2-24-16(11-3-6-13(19)7-4-11)22-23-17(24)26-10-15(25)21-14-8-5-12(18)9-20-14/h3-9H,2,10H2,1H3,(H,20,21,25). The van der Waals surface area contributed by atoms with Crippen LogP contribution in [0.1, 0.15) is 6.92 Å². The van der Waals surface area contributed by atoms with Crippen LogP contribution >= 0.6 is 27.7 Å². The second-order valence-corrected chi connectivity index (χ2v) is 7.11. The lowest BCUT2D eigenvalue weighted by atomic mass is 10.2. The van der Waals surface area contributed by atoms with Gasteiger partial charge in [-0.05, 0) is 59.3 Å². The normalized spacial score (nSPS) is 10.7. The van der Waals surface area contributed by atoms with Crippen molar-refractivity contribution in [3.05, 3.63) is 52.9 Å². The van der Waals surface area contributed by atoms with Gasteiger partial charge < -0.3 is 9.88 Å². The quantitative estimate of drug-likeness (QED) is 0.592. The van der Waals surface area contributed by atoms with Crippen LogP contribution in [0.15, 0.2) is 52.2 Å². The highest BCUT2D eigenvalue weighted by atomic mass is 79.9. The largest absolute Gasteiger partial charge is 0.310 e. The molecule has 1 N–H and O–H groups in total. The van der Waals surface area contributed by atoms with Crippen molar-refractivity contribution in [3.63, 3.8) is 0 Å². The van der Waals surface area contributed by atoms with Gasteiger partial charge in [0.1, 0.15) is 11.6 Å². The molecule has 0 bridgehead atoms. The molecule has 26 heavy (non-hydrogen) atoms. The number of hydrogen-bond acceptors (Lipinski definition) is 5. The Morgan fingerprint density at radius 3 is 2.65 bits per heavy atom. The van der Waals surface area contributed by atoms with Crippen LogP contribution in [0.4, 0.5) is 10.2 Å². The molecule has 0 aliphatic carbocycles. The van der Waals surface area contributed by atoms with Crippen molar-refractivity contribution < 1.29 is 9.18 Å². The number of nitrogens with zero attached hydrogens (tertiary/aromatic N) is 4. The molecule has 1 amide bonds. The zero-order chi connectivity index (χ0) is 18.5. The van der Waals surface area contributed by atoms with Crippen molar-refractivity contribution in [3.8, 4) is 11.4 Å². The number of aromatic nitrogens is 4. The molecule has 0 aliphatic heterocycles. The fraction of sp³-hybridized carbons (Fsp3) is 0.176. The van der Waals surface area contributed by atoms with Crippen LogP contribution in [0, 0.1) is 5.82 Å². The monoisotopic (exact) mass is 435 g/mol. The number of carbonyl (C=O) groups is 1. The van der Waals surface area contributed by atoms with E-state index in [9.17, 15) is 9.18 Å². The van der Waals surface area contributed by atoms with Crippen LogP contribution < -0.4 is 5.32 Å². The first-order valence-corrected chi connectivity index (χ1v) is 9.58. The lowest BCUT2D eigenvalue weighted by molar-refractivity contribution is -0.113. The molecule has 0 spiro atoms. The van der Waals surface area contributed by atoms with E-state index in [0.29, 0.717) is 23.3 Å². The first-order chi connectivity index (χ1) is 12.6. The summed E-state index contributed by atoms with van der Waals surface area (Å²) in [6.45, 7) is 2.60. The van der Waals surface area contributed by atoms with E-state index in [1.54, 1.807) is 30.5 Å². The van der Waals surface area contributed by atoms with Crippen molar-refractivity contribution in [2.75, 3.05) is 11.1 Å². The van der Waals surface area contributed by atoms with Crippen molar-refractivity contribution in [2.45, 2.75) is 18.6 Å². The molecule has 2 heterocycles. The summed E-state index contributed by atoms with van der Waals surface area (Å²) in [5.41, 5.74) is 0.774. The van der Waals surface area contributed by atoms with Gasteiger partial charge in [0, 0.05) is 22.8 Å². The number of carbonyl (C=O) groups excluding carboxylic acids is 1. The summed E-state index contributed by atoms with van der Waals surface area (Å²) >= 11 is 4.58. The van der Waals surface area contributed by atoms with E-state index in [0.717, 1.165) is 10.0 Å². The Hall–Kier alpha value is -2.26. The average molecular weight is 436 g/mol. The Kier molecular flexibility index (Phi) is 6.00. The minimum Gasteiger partial charge on any atom is -0.310 e. The highest BCUT2D eigenvalue weighted by Crippen LogP contribution is 2.24. The Balaban J connectivity index is 1.67. The van der Waals surface area contributed by atoms with Crippen LogP contribution in [0.3, 0.4) is 0 Å². The SMILES string of the molecule is CCn1c(SCC(=O)Nc2ccc(Br)cn2)nnc1-c1ccc(F)cc1. The molecule has 134 valence electrons. The summed E-state index contributed by atoms with van der Waals surface area (Å²) in [6, 6.07) is 9.61. The third-order valence-electron chi connectivity index (χ3n) is 3.46. The van der Waals surface area contributed by atoms with Gasteiger partial charge in [0.05, 0.1) is 5.75 Å². The molecule has 1 aromatic carbocycles. The van der Waals surface area contributed by atoms with E-state index in [1.807, 2.05) is 11.5 Å². The molecule has 0 fully saturated rings. The maximum absolute atomic E-state index is 13.1. The maximum atomic E-state index is 13.1. The summed E-state index contributed by atoms with van der Waals surface area (Å²) in [6.07, 6.45) is 1.62. The van der Waals surface area contributed by atoms with E-state index < -0.39 is 0 Å². The lowest BCUT2D eigenvalue weighted by Gasteiger charge is -2.07. The van der Waals surface area contributed by atoms with Crippen LogP contribution in [0.25, 0.3) is 11.4 Å². The number of thioether (sulfide) groups is 1. The molecule has 0 aliphatic rings. The summed E-state index contributed by atoms with van der Waals surface area (Å²) in [7, 11) is 0. The molecular weight excluding hydrogens is 421 g/mol. The number of amides is 1. The lowest BCUT2D eigenvalue weighted by Crippen LogP contribution is -2.15. The van der Waals surface area contributed by atoms with Crippen LogP contribution in [-0.4, -0.2) is 31.4 Å². The number of rotatable bonds is 6. The molecule has 0 saturated heterocycles. The molecule has 0 radical (unpaired) electrons.